The van der Waals surface area contributed by atoms with Crippen LogP contribution in [0.25, 0.3) is 16.7 Å². The number of aryl methyl sites for hydroxylation is 2. The van der Waals surface area contributed by atoms with Gasteiger partial charge in [0, 0.05) is 23.2 Å². The monoisotopic (exact) mass is 389 g/mol. The lowest BCUT2D eigenvalue weighted by atomic mass is 10.1. The second-order valence-corrected chi connectivity index (χ2v) is 6.62. The molecule has 0 radical (unpaired) electrons. The Morgan fingerprint density at radius 2 is 1.86 bits per heavy atom. The highest BCUT2D eigenvalue weighted by Gasteiger charge is 2.14. The molecule has 0 aliphatic heterocycles. The van der Waals surface area contributed by atoms with Gasteiger partial charge in [-0.25, -0.2) is 14.5 Å². The summed E-state index contributed by atoms with van der Waals surface area (Å²) in [6, 6.07) is 10.9. The van der Waals surface area contributed by atoms with Crippen LogP contribution in [0.2, 0.25) is 0 Å². The molecule has 0 atom stereocenters. The number of benzene rings is 1. The number of rotatable bonds is 4. The molecule has 0 spiro atoms. The van der Waals surface area contributed by atoms with E-state index in [9.17, 15) is 9.59 Å². The highest BCUT2D eigenvalue weighted by molar-refractivity contribution is 5.95. The number of hydrogen-bond donors (Lipinski definition) is 2. The molecule has 2 amide bonds. The van der Waals surface area contributed by atoms with Crippen molar-refractivity contribution in [1.29, 1.82) is 0 Å². The number of pyridine rings is 1. The fraction of sp³-hybridized carbons (Fsp3) is 0.200. The van der Waals surface area contributed by atoms with Crippen molar-refractivity contribution in [2.24, 2.45) is 0 Å². The topological polar surface area (TPSA) is 114 Å². The molecular weight excluding hydrogens is 370 g/mol. The van der Waals surface area contributed by atoms with Gasteiger partial charge in [0.15, 0.2) is 0 Å². The molecule has 4 rings (SSSR count). The van der Waals surface area contributed by atoms with Crippen LogP contribution in [-0.2, 0) is 11.2 Å². The van der Waals surface area contributed by atoms with Crippen LogP contribution >= 0.6 is 0 Å². The molecule has 0 aliphatic carbocycles. The lowest BCUT2D eigenvalue weighted by Crippen LogP contribution is -2.42. The summed E-state index contributed by atoms with van der Waals surface area (Å²) in [7, 11) is 0. The first-order chi connectivity index (χ1) is 14.0. The fourth-order valence-electron chi connectivity index (χ4n) is 3.20. The number of carbonyl (C=O) groups is 2. The highest BCUT2D eigenvalue weighted by atomic mass is 16.2. The Morgan fingerprint density at radius 1 is 1.03 bits per heavy atom. The maximum atomic E-state index is 12.3. The number of nitrogens with one attached hydrogen (secondary N) is 2. The number of aromatic nitrogens is 5. The van der Waals surface area contributed by atoms with Gasteiger partial charge in [-0.05, 0) is 38.0 Å². The fourth-order valence-corrected chi connectivity index (χ4v) is 3.20. The lowest BCUT2D eigenvalue weighted by Gasteiger charge is -2.11. The summed E-state index contributed by atoms with van der Waals surface area (Å²) >= 11 is 0. The molecule has 0 saturated heterocycles. The van der Waals surface area contributed by atoms with Crippen LogP contribution < -0.4 is 10.9 Å². The second-order valence-electron chi connectivity index (χ2n) is 6.62. The van der Waals surface area contributed by atoms with Gasteiger partial charge in [-0.3, -0.25) is 20.4 Å². The second kappa shape index (κ2) is 7.63. The average Bonchev–Trinajstić information content (AvgIpc) is 3.20. The first-order valence-electron chi connectivity index (χ1n) is 9.14. The van der Waals surface area contributed by atoms with E-state index < -0.39 is 5.91 Å². The Morgan fingerprint density at radius 3 is 2.72 bits per heavy atom. The van der Waals surface area contributed by atoms with Gasteiger partial charge in [0.1, 0.15) is 12.0 Å². The predicted molar refractivity (Wildman–Crippen MR) is 106 cm³/mol. The van der Waals surface area contributed by atoms with Crippen molar-refractivity contribution in [1.82, 2.24) is 35.4 Å². The Bertz CT molecular complexity index is 1230. The van der Waals surface area contributed by atoms with E-state index in [1.807, 2.05) is 44.2 Å². The van der Waals surface area contributed by atoms with Gasteiger partial charge in [-0.2, -0.15) is 10.1 Å². The molecule has 0 saturated carbocycles. The number of hydrogen-bond acceptors (Lipinski definition) is 6. The van der Waals surface area contributed by atoms with Crippen molar-refractivity contribution in [3.05, 3.63) is 65.4 Å². The molecule has 9 nitrogen and oxygen atoms in total. The normalized spacial score (nSPS) is 11.0. The van der Waals surface area contributed by atoms with Crippen LogP contribution in [0.1, 0.15) is 33.9 Å². The van der Waals surface area contributed by atoms with Gasteiger partial charge in [-0.1, -0.05) is 24.3 Å². The first kappa shape index (κ1) is 18.5. The largest absolute Gasteiger partial charge is 0.288 e. The van der Waals surface area contributed by atoms with Gasteiger partial charge in [-0.15, -0.1) is 0 Å². The molecule has 4 aromatic rings. The average molecular weight is 389 g/mol. The van der Waals surface area contributed by atoms with E-state index in [1.54, 1.807) is 10.6 Å². The lowest BCUT2D eigenvalue weighted by molar-refractivity contribution is -0.121. The minimum Gasteiger partial charge on any atom is -0.273 e. The van der Waals surface area contributed by atoms with Crippen molar-refractivity contribution >= 4 is 28.5 Å². The van der Waals surface area contributed by atoms with Crippen LogP contribution in [0, 0.1) is 13.8 Å². The quantitative estimate of drug-likeness (QED) is 0.513. The number of hydrazine groups is 1. The summed E-state index contributed by atoms with van der Waals surface area (Å²) in [6.45, 7) is 3.79. The SMILES string of the molecule is Cc1nc2ncnn2c(C)c1CCC(=O)NNC(=O)c1ccc2ccccc2n1. The molecule has 146 valence electrons. The van der Waals surface area contributed by atoms with Gasteiger partial charge >= 0.3 is 0 Å². The van der Waals surface area contributed by atoms with Crippen molar-refractivity contribution in [2.75, 3.05) is 0 Å². The Balaban J connectivity index is 1.37. The number of nitrogens with zero attached hydrogens (tertiary/aromatic N) is 5. The summed E-state index contributed by atoms with van der Waals surface area (Å²) in [5.41, 5.74) is 8.42. The van der Waals surface area contributed by atoms with E-state index in [4.69, 9.17) is 0 Å². The van der Waals surface area contributed by atoms with Crippen LogP contribution in [0.5, 0.6) is 0 Å². The molecular formula is C20H19N7O2. The summed E-state index contributed by atoms with van der Waals surface area (Å²) < 4.78 is 1.65. The molecule has 0 bridgehead atoms. The number of amides is 2. The zero-order valence-corrected chi connectivity index (χ0v) is 16.0. The van der Waals surface area contributed by atoms with Crippen molar-refractivity contribution in [3.8, 4) is 0 Å². The highest BCUT2D eigenvalue weighted by Crippen LogP contribution is 2.15. The Labute approximate surface area is 166 Å². The molecule has 3 heterocycles. The van der Waals surface area contributed by atoms with E-state index in [1.165, 1.54) is 6.33 Å². The summed E-state index contributed by atoms with van der Waals surface area (Å²) in [5.74, 6) is -0.248. The van der Waals surface area contributed by atoms with Crippen molar-refractivity contribution in [2.45, 2.75) is 26.7 Å². The van der Waals surface area contributed by atoms with Gasteiger partial charge < -0.3 is 0 Å². The molecule has 1 aromatic carbocycles. The van der Waals surface area contributed by atoms with Gasteiger partial charge in [0.05, 0.1) is 5.52 Å². The van der Waals surface area contributed by atoms with Crippen LogP contribution in [0.15, 0.2) is 42.7 Å². The molecule has 3 aromatic heterocycles. The third-order valence-corrected chi connectivity index (χ3v) is 4.74. The zero-order chi connectivity index (χ0) is 20.4. The van der Waals surface area contributed by atoms with E-state index in [-0.39, 0.29) is 18.0 Å². The van der Waals surface area contributed by atoms with E-state index >= 15 is 0 Å². The maximum absolute atomic E-state index is 12.3. The smallest absolute Gasteiger partial charge is 0.273 e. The molecule has 9 heteroatoms. The van der Waals surface area contributed by atoms with Crippen molar-refractivity contribution in [3.63, 3.8) is 0 Å². The number of para-hydroxylation sites is 1. The molecule has 0 unspecified atom stereocenters. The van der Waals surface area contributed by atoms with E-state index in [2.05, 4.69) is 30.9 Å². The molecule has 0 aliphatic rings. The van der Waals surface area contributed by atoms with Gasteiger partial charge in [0.25, 0.3) is 11.7 Å². The van der Waals surface area contributed by atoms with Crippen molar-refractivity contribution < 1.29 is 9.59 Å². The number of fused-ring (bicyclic) bond motifs is 2. The van der Waals surface area contributed by atoms with Gasteiger partial charge in [0.2, 0.25) is 5.91 Å². The van der Waals surface area contributed by atoms with Crippen LogP contribution in [0.4, 0.5) is 0 Å². The van der Waals surface area contributed by atoms with E-state index in [0.717, 1.165) is 22.3 Å². The Hall–Kier alpha value is -3.88. The number of carbonyl (C=O) groups excluding carboxylic acids is 2. The molecule has 29 heavy (non-hydrogen) atoms. The first-order valence-corrected chi connectivity index (χ1v) is 9.14. The molecule has 0 fully saturated rings. The Kier molecular flexibility index (Phi) is 4.86. The summed E-state index contributed by atoms with van der Waals surface area (Å²) in [4.78, 5) is 37.3. The summed E-state index contributed by atoms with van der Waals surface area (Å²) in [5, 5.41) is 5.08. The van der Waals surface area contributed by atoms with Crippen LogP contribution in [0.3, 0.4) is 0 Å². The standard InChI is InChI=1S/C20H19N7O2/c1-12-15(13(2)27-20(23-12)21-11-22-27)8-10-18(28)25-26-19(29)17-9-7-14-5-3-4-6-16(14)24-17/h3-7,9,11H,8,10H2,1-2H3,(H,25,28)(H,26,29). The minimum atomic E-state index is -0.470. The third-order valence-electron chi connectivity index (χ3n) is 4.74. The predicted octanol–water partition coefficient (Wildman–Crippen LogP) is 1.68. The maximum Gasteiger partial charge on any atom is 0.288 e. The van der Waals surface area contributed by atoms with E-state index in [0.29, 0.717) is 17.7 Å². The molecule has 2 N–H and O–H groups in total. The minimum absolute atomic E-state index is 0.189. The third kappa shape index (κ3) is 3.75. The van der Waals surface area contributed by atoms with Crippen LogP contribution in [-0.4, -0.2) is 36.4 Å². The summed E-state index contributed by atoms with van der Waals surface area (Å²) in [6.07, 6.45) is 2.10. The zero-order valence-electron chi connectivity index (χ0n) is 16.0.